The maximum atomic E-state index is 12.9. The van der Waals surface area contributed by atoms with Crippen LogP contribution in [0.3, 0.4) is 0 Å². The molecule has 0 spiro atoms. The van der Waals surface area contributed by atoms with Gasteiger partial charge in [-0.15, -0.1) is 0 Å². The van der Waals surface area contributed by atoms with E-state index in [4.69, 9.17) is 9.72 Å². The first-order valence-corrected chi connectivity index (χ1v) is 9.92. The Hall–Kier alpha value is -3.41. The highest BCUT2D eigenvalue weighted by atomic mass is 16.5. The van der Waals surface area contributed by atoms with Gasteiger partial charge >= 0.3 is 5.69 Å². The van der Waals surface area contributed by atoms with Crippen molar-refractivity contribution in [2.24, 2.45) is 0 Å². The highest BCUT2D eigenvalue weighted by Crippen LogP contribution is 2.35. The van der Waals surface area contributed by atoms with Gasteiger partial charge in [0.05, 0.1) is 18.8 Å². The molecule has 0 saturated carbocycles. The summed E-state index contributed by atoms with van der Waals surface area (Å²) in [6.45, 7) is 4.88. The number of fused-ring (bicyclic) bond motifs is 2. The van der Waals surface area contributed by atoms with E-state index in [0.717, 1.165) is 16.9 Å². The topological polar surface area (TPSA) is 72.8 Å². The van der Waals surface area contributed by atoms with Crippen molar-refractivity contribution in [1.29, 1.82) is 0 Å². The zero-order chi connectivity index (χ0) is 20.0. The molecular weight excluding hydrogens is 364 g/mol. The molecular formula is C23H22N4O2. The van der Waals surface area contributed by atoms with E-state index in [2.05, 4.69) is 29.9 Å². The third-order valence-corrected chi connectivity index (χ3v) is 5.52. The fourth-order valence-electron chi connectivity index (χ4n) is 4.13. The zero-order valence-electron chi connectivity index (χ0n) is 16.4. The van der Waals surface area contributed by atoms with Crippen LogP contribution in [0, 0.1) is 0 Å². The second-order valence-corrected chi connectivity index (χ2v) is 7.66. The van der Waals surface area contributed by atoms with Gasteiger partial charge in [0.15, 0.2) is 11.5 Å². The molecule has 4 aromatic rings. The predicted molar refractivity (Wildman–Crippen MR) is 112 cm³/mol. The molecule has 6 nitrogen and oxygen atoms in total. The second-order valence-electron chi connectivity index (χ2n) is 7.66. The molecule has 1 unspecified atom stereocenters. The number of hydrogen-bond acceptors (Lipinski definition) is 4. The molecule has 146 valence electrons. The normalized spacial score (nSPS) is 16.0. The Kier molecular flexibility index (Phi) is 4.19. The number of aromatic nitrogens is 4. The Labute approximate surface area is 168 Å². The summed E-state index contributed by atoms with van der Waals surface area (Å²) in [7, 11) is 0. The van der Waals surface area contributed by atoms with Crippen molar-refractivity contribution < 1.29 is 4.74 Å². The van der Waals surface area contributed by atoms with Crippen LogP contribution < -0.4 is 10.4 Å². The minimum atomic E-state index is -0.176. The van der Waals surface area contributed by atoms with Crippen LogP contribution in [0.5, 0.6) is 5.75 Å². The summed E-state index contributed by atoms with van der Waals surface area (Å²) in [5.74, 6) is 1.81. The summed E-state index contributed by atoms with van der Waals surface area (Å²) >= 11 is 0. The molecule has 0 amide bonds. The fraction of sp³-hybridized carbons (Fsp3) is 0.261. The maximum absolute atomic E-state index is 12.9. The average Bonchev–Trinajstić information content (AvgIpc) is 3.08. The summed E-state index contributed by atoms with van der Waals surface area (Å²) in [6.07, 6.45) is 2.42. The van der Waals surface area contributed by atoms with Gasteiger partial charge in [-0.05, 0) is 17.5 Å². The number of ether oxygens (including phenoxy) is 1. The van der Waals surface area contributed by atoms with Crippen molar-refractivity contribution in [3.63, 3.8) is 0 Å². The average molecular weight is 386 g/mol. The van der Waals surface area contributed by atoms with Gasteiger partial charge in [-0.3, -0.25) is 4.57 Å². The van der Waals surface area contributed by atoms with Crippen LogP contribution in [-0.2, 0) is 0 Å². The van der Waals surface area contributed by atoms with Crippen molar-refractivity contribution in [3.05, 3.63) is 76.3 Å². The lowest BCUT2D eigenvalue weighted by molar-refractivity contribution is 0.256. The minimum absolute atomic E-state index is 0.121. The Morgan fingerprint density at radius 1 is 1.14 bits per heavy atom. The molecule has 0 radical (unpaired) electrons. The smallest absolute Gasteiger partial charge is 0.328 e. The number of H-pyrrole nitrogens is 1. The van der Waals surface area contributed by atoms with Crippen molar-refractivity contribution >= 4 is 11.2 Å². The van der Waals surface area contributed by atoms with E-state index in [0.29, 0.717) is 35.9 Å². The van der Waals surface area contributed by atoms with E-state index in [1.165, 1.54) is 5.56 Å². The van der Waals surface area contributed by atoms with Gasteiger partial charge in [0.2, 0.25) is 0 Å². The van der Waals surface area contributed by atoms with Gasteiger partial charge in [0.25, 0.3) is 0 Å². The van der Waals surface area contributed by atoms with Crippen LogP contribution in [0.2, 0.25) is 0 Å². The summed E-state index contributed by atoms with van der Waals surface area (Å²) in [4.78, 5) is 25.2. The number of nitrogens with zero attached hydrogens (tertiary/aromatic N) is 3. The van der Waals surface area contributed by atoms with E-state index in [1.807, 2.05) is 42.5 Å². The van der Waals surface area contributed by atoms with Crippen LogP contribution in [0.1, 0.15) is 43.4 Å². The van der Waals surface area contributed by atoms with Gasteiger partial charge in [-0.25, -0.2) is 14.8 Å². The van der Waals surface area contributed by atoms with Crippen molar-refractivity contribution in [2.75, 3.05) is 6.61 Å². The molecule has 1 atom stereocenters. The van der Waals surface area contributed by atoms with Crippen molar-refractivity contribution in [1.82, 2.24) is 19.5 Å². The van der Waals surface area contributed by atoms with Gasteiger partial charge < -0.3 is 9.72 Å². The Balaban J connectivity index is 1.71. The Bertz CT molecular complexity index is 1260. The molecule has 1 N–H and O–H groups in total. The first kappa shape index (κ1) is 17.7. The highest BCUT2D eigenvalue weighted by Gasteiger charge is 2.26. The largest absolute Gasteiger partial charge is 0.493 e. The molecule has 0 aliphatic carbocycles. The van der Waals surface area contributed by atoms with Crippen molar-refractivity contribution in [2.45, 2.75) is 32.2 Å². The molecule has 0 saturated heterocycles. The predicted octanol–water partition coefficient (Wildman–Crippen LogP) is 4.28. The molecule has 6 heteroatoms. The van der Waals surface area contributed by atoms with Crippen molar-refractivity contribution in [3.8, 4) is 17.1 Å². The third kappa shape index (κ3) is 2.92. The third-order valence-electron chi connectivity index (χ3n) is 5.52. The maximum Gasteiger partial charge on any atom is 0.328 e. The number of imidazole rings is 1. The monoisotopic (exact) mass is 386 g/mol. The lowest BCUT2D eigenvalue weighted by Crippen LogP contribution is -2.28. The summed E-state index contributed by atoms with van der Waals surface area (Å²) in [5, 5.41) is 0. The number of para-hydroxylation sites is 1. The number of rotatable bonds is 3. The SMILES string of the molecule is CC(C)c1ccccc1-c1ncc2[nH]c(=O)n(C3CCOc4ccccc43)c2n1. The van der Waals surface area contributed by atoms with Crippen LogP contribution in [-0.4, -0.2) is 26.1 Å². The quantitative estimate of drug-likeness (QED) is 0.570. The molecule has 1 aliphatic rings. The number of hydrogen-bond donors (Lipinski definition) is 1. The summed E-state index contributed by atoms with van der Waals surface area (Å²) < 4.78 is 7.53. The first-order valence-electron chi connectivity index (χ1n) is 9.92. The molecule has 1 aliphatic heterocycles. The van der Waals surface area contributed by atoms with Gasteiger partial charge in [0.1, 0.15) is 11.3 Å². The molecule has 3 heterocycles. The molecule has 0 fully saturated rings. The highest BCUT2D eigenvalue weighted by molar-refractivity contribution is 5.74. The second kappa shape index (κ2) is 6.88. The molecule has 5 rings (SSSR count). The number of aromatic amines is 1. The van der Waals surface area contributed by atoms with Crippen LogP contribution in [0.4, 0.5) is 0 Å². The summed E-state index contributed by atoms with van der Waals surface area (Å²) in [5.41, 5.74) is 4.28. The standard InChI is InChI=1S/C23H22N4O2/c1-14(2)15-7-3-4-8-16(15)21-24-13-18-22(26-21)27(23(28)25-18)19-11-12-29-20-10-6-5-9-17(19)20/h3-10,13-14,19H,11-12H2,1-2H3,(H,25,28). The van der Waals surface area contributed by atoms with E-state index >= 15 is 0 Å². The Morgan fingerprint density at radius 3 is 2.79 bits per heavy atom. The fourth-order valence-corrected chi connectivity index (χ4v) is 4.13. The van der Waals surface area contributed by atoms with E-state index in [1.54, 1.807) is 10.8 Å². The Morgan fingerprint density at radius 2 is 1.93 bits per heavy atom. The molecule has 0 bridgehead atoms. The van der Waals surface area contributed by atoms with Gasteiger partial charge in [-0.2, -0.15) is 0 Å². The zero-order valence-corrected chi connectivity index (χ0v) is 16.4. The van der Waals surface area contributed by atoms with E-state index in [-0.39, 0.29) is 11.7 Å². The number of benzene rings is 2. The van der Waals surface area contributed by atoms with Crippen LogP contribution in [0.25, 0.3) is 22.6 Å². The van der Waals surface area contributed by atoms with Crippen LogP contribution >= 0.6 is 0 Å². The molecule has 2 aromatic heterocycles. The molecule has 29 heavy (non-hydrogen) atoms. The minimum Gasteiger partial charge on any atom is -0.493 e. The number of nitrogens with one attached hydrogen (secondary N) is 1. The summed E-state index contributed by atoms with van der Waals surface area (Å²) in [6, 6.07) is 15.9. The lowest BCUT2D eigenvalue weighted by atomic mass is 9.97. The molecule has 2 aromatic carbocycles. The first-order chi connectivity index (χ1) is 14.1. The van der Waals surface area contributed by atoms with E-state index in [9.17, 15) is 4.79 Å². The van der Waals surface area contributed by atoms with E-state index < -0.39 is 0 Å². The van der Waals surface area contributed by atoms with Crippen LogP contribution in [0.15, 0.2) is 59.5 Å². The van der Waals surface area contributed by atoms with Gasteiger partial charge in [-0.1, -0.05) is 56.3 Å². The lowest BCUT2D eigenvalue weighted by Gasteiger charge is -2.26. The van der Waals surface area contributed by atoms with Gasteiger partial charge in [0, 0.05) is 17.5 Å².